The van der Waals surface area contributed by atoms with Crippen molar-refractivity contribution >= 4 is 17.6 Å². The van der Waals surface area contributed by atoms with Gasteiger partial charge in [0.15, 0.2) is 0 Å². The predicted octanol–water partition coefficient (Wildman–Crippen LogP) is 4.59. The summed E-state index contributed by atoms with van der Waals surface area (Å²) in [6.45, 7) is 4.86. The lowest BCUT2D eigenvalue weighted by Gasteiger charge is -2.56. The third kappa shape index (κ3) is 5.06. The number of carboxylic acid groups (broad SMARTS) is 2. The molecule has 3 aromatic rings. The van der Waals surface area contributed by atoms with Crippen LogP contribution in [0, 0.1) is 20.9 Å². The smallest absolute Gasteiger partial charge is 0.312 e. The molecule has 2 aliphatic heterocycles. The van der Waals surface area contributed by atoms with Crippen molar-refractivity contribution in [2.75, 3.05) is 19.6 Å². The summed E-state index contributed by atoms with van der Waals surface area (Å²) in [6, 6.07) is 25.9. The van der Waals surface area contributed by atoms with Gasteiger partial charge in [0.25, 0.3) is 5.69 Å². The molecular weight excluding hydrogens is 560 g/mol. The van der Waals surface area contributed by atoms with E-state index in [0.29, 0.717) is 19.6 Å². The molecule has 10 nitrogen and oxygen atoms in total. The Morgan fingerprint density at radius 3 is 1.95 bits per heavy atom. The molecule has 0 aliphatic carbocycles. The Kier molecular flexibility index (Phi) is 8.62. The Morgan fingerprint density at radius 2 is 1.45 bits per heavy atom. The average Bonchev–Trinajstić information content (AvgIpc) is 3.03. The highest BCUT2D eigenvalue weighted by Gasteiger charge is 2.66. The maximum Gasteiger partial charge on any atom is 0.312 e. The summed E-state index contributed by atoms with van der Waals surface area (Å²) in [5.74, 6) is -3.80. The number of aliphatic carboxylic acids is 2. The Hall–Kier alpha value is -4.12. The molecule has 4 unspecified atom stereocenters. The molecule has 44 heavy (non-hydrogen) atoms. The van der Waals surface area contributed by atoms with Gasteiger partial charge in [-0.1, -0.05) is 78.9 Å². The number of nitro groups is 1. The molecule has 0 amide bonds. The number of para-hydroxylation sites is 1. The van der Waals surface area contributed by atoms with Crippen molar-refractivity contribution in [1.29, 1.82) is 0 Å². The number of nitrogens with zero attached hydrogens (tertiary/aromatic N) is 2. The van der Waals surface area contributed by atoms with Crippen molar-refractivity contribution in [1.82, 2.24) is 10.2 Å². The first-order chi connectivity index (χ1) is 21.0. The van der Waals surface area contributed by atoms with Crippen LogP contribution < -0.4 is 11.1 Å². The number of nitrogens with two attached hydrogens (primary N) is 1. The van der Waals surface area contributed by atoms with Gasteiger partial charge in [-0.25, -0.2) is 0 Å². The standard InChI is InChI=1S/C34H40N4O6/c1-23-34(31(41)42,28(32(2,30(39)40)29(35)36-23)26-15-9-10-16-27(26)38(43)44)19-22-37-20-17-33(18-21-37,24-11-5-3-6-12-24)25-13-7-4-8-14-25/h3-16,23,28-29,36H,17-22,35H2,1-2H3,(H,39,40)(H,41,42)/t23?,28?,29-,32?,34?/m1/s1. The molecule has 0 saturated carbocycles. The van der Waals surface area contributed by atoms with Crippen LogP contribution >= 0.6 is 0 Å². The van der Waals surface area contributed by atoms with Crippen LogP contribution in [0.4, 0.5) is 5.69 Å². The maximum absolute atomic E-state index is 13.5. The normalized spacial score (nSPS) is 28.7. The summed E-state index contributed by atoms with van der Waals surface area (Å²) < 4.78 is 0. The first-order valence-corrected chi connectivity index (χ1v) is 15.0. The number of piperidine rings is 2. The zero-order valence-electron chi connectivity index (χ0n) is 25.1. The van der Waals surface area contributed by atoms with E-state index in [1.54, 1.807) is 13.0 Å². The zero-order chi connectivity index (χ0) is 31.7. The fourth-order valence-electron chi connectivity index (χ4n) is 7.85. The van der Waals surface area contributed by atoms with E-state index in [9.17, 15) is 29.9 Å². The van der Waals surface area contributed by atoms with Crippen LogP contribution in [0.2, 0.25) is 0 Å². The second-order valence-electron chi connectivity index (χ2n) is 12.5. The third-order valence-electron chi connectivity index (χ3n) is 10.5. The molecule has 2 saturated heterocycles. The second-order valence-corrected chi connectivity index (χ2v) is 12.5. The van der Waals surface area contributed by atoms with E-state index in [0.717, 1.165) is 12.8 Å². The summed E-state index contributed by atoms with van der Waals surface area (Å²) in [5, 5.41) is 36.7. The van der Waals surface area contributed by atoms with E-state index in [2.05, 4.69) is 34.5 Å². The largest absolute Gasteiger partial charge is 0.481 e. The highest BCUT2D eigenvalue weighted by Crippen LogP contribution is 2.58. The van der Waals surface area contributed by atoms with Gasteiger partial charge in [-0.15, -0.1) is 0 Å². The number of likely N-dealkylation sites (tertiary alicyclic amines) is 1. The Labute approximate surface area is 257 Å². The van der Waals surface area contributed by atoms with Gasteiger partial charge in [-0.3, -0.25) is 25.0 Å². The Bertz CT molecular complexity index is 1470. The van der Waals surface area contributed by atoms with E-state index < -0.39 is 45.8 Å². The first-order valence-electron chi connectivity index (χ1n) is 15.0. The fraction of sp³-hybridized carbons (Fsp3) is 0.412. The van der Waals surface area contributed by atoms with Gasteiger partial charge in [0, 0.05) is 29.0 Å². The molecule has 2 fully saturated rings. The molecule has 232 valence electrons. The lowest BCUT2D eigenvalue weighted by atomic mass is 9.52. The molecule has 0 radical (unpaired) electrons. The molecule has 2 heterocycles. The number of nitrogens with one attached hydrogen (secondary N) is 1. The number of carboxylic acids is 2. The monoisotopic (exact) mass is 600 g/mol. The summed E-state index contributed by atoms with van der Waals surface area (Å²) >= 11 is 0. The summed E-state index contributed by atoms with van der Waals surface area (Å²) in [4.78, 5) is 40.2. The minimum absolute atomic E-state index is 0.0689. The van der Waals surface area contributed by atoms with Crippen molar-refractivity contribution in [2.24, 2.45) is 16.6 Å². The minimum atomic E-state index is -1.85. The van der Waals surface area contributed by atoms with Crippen LogP contribution in [-0.4, -0.2) is 63.8 Å². The van der Waals surface area contributed by atoms with Crippen LogP contribution in [-0.2, 0) is 15.0 Å². The number of nitro benzene ring substituents is 1. The maximum atomic E-state index is 13.5. The molecule has 0 aromatic heterocycles. The molecular formula is C34H40N4O6. The van der Waals surface area contributed by atoms with Gasteiger partial charge in [-0.05, 0) is 63.9 Å². The summed E-state index contributed by atoms with van der Waals surface area (Å²) in [5.41, 5.74) is 4.87. The zero-order valence-corrected chi connectivity index (χ0v) is 25.1. The SMILES string of the molecule is CC1N[C@@H](N)C(C)(C(=O)O)C(c2ccccc2[N+](=O)[O-])C1(CCN1CCC(c2ccccc2)(c2ccccc2)CC1)C(=O)O. The highest BCUT2D eigenvalue weighted by molar-refractivity contribution is 5.84. The molecule has 5 atom stereocenters. The summed E-state index contributed by atoms with van der Waals surface area (Å²) in [7, 11) is 0. The third-order valence-corrected chi connectivity index (χ3v) is 10.5. The van der Waals surface area contributed by atoms with Crippen LogP contribution in [0.3, 0.4) is 0 Å². The molecule has 3 aromatic carbocycles. The predicted molar refractivity (Wildman–Crippen MR) is 166 cm³/mol. The number of carbonyl (C=O) groups is 2. The van der Waals surface area contributed by atoms with E-state index in [4.69, 9.17) is 5.73 Å². The van der Waals surface area contributed by atoms with Gasteiger partial charge < -0.3 is 20.8 Å². The van der Waals surface area contributed by atoms with E-state index in [1.165, 1.54) is 36.2 Å². The molecule has 10 heteroatoms. The average molecular weight is 601 g/mol. The summed E-state index contributed by atoms with van der Waals surface area (Å²) in [6.07, 6.45) is 0.576. The molecule has 0 bridgehead atoms. The van der Waals surface area contributed by atoms with Crippen LogP contribution in [0.25, 0.3) is 0 Å². The topological polar surface area (TPSA) is 159 Å². The Morgan fingerprint density at radius 1 is 0.932 bits per heavy atom. The van der Waals surface area contributed by atoms with Gasteiger partial charge in [0.1, 0.15) is 5.41 Å². The lowest BCUT2D eigenvalue weighted by Crippen LogP contribution is -2.72. The molecule has 5 N–H and O–H groups in total. The van der Waals surface area contributed by atoms with Gasteiger partial charge in [0.2, 0.25) is 0 Å². The van der Waals surface area contributed by atoms with Crippen LogP contribution in [0.5, 0.6) is 0 Å². The van der Waals surface area contributed by atoms with Crippen molar-refractivity contribution in [3.8, 4) is 0 Å². The highest BCUT2D eigenvalue weighted by atomic mass is 16.6. The van der Waals surface area contributed by atoms with Gasteiger partial charge in [0.05, 0.1) is 16.5 Å². The minimum Gasteiger partial charge on any atom is -0.481 e. The van der Waals surface area contributed by atoms with Gasteiger partial charge >= 0.3 is 11.9 Å². The number of benzene rings is 3. The van der Waals surface area contributed by atoms with Crippen molar-refractivity contribution in [3.63, 3.8) is 0 Å². The first kappa shape index (κ1) is 31.3. The van der Waals surface area contributed by atoms with E-state index >= 15 is 0 Å². The van der Waals surface area contributed by atoms with E-state index in [-0.39, 0.29) is 23.1 Å². The number of hydrogen-bond acceptors (Lipinski definition) is 7. The van der Waals surface area contributed by atoms with Gasteiger partial charge in [-0.2, -0.15) is 0 Å². The quantitative estimate of drug-likeness (QED) is 0.204. The van der Waals surface area contributed by atoms with Crippen LogP contribution in [0.1, 0.15) is 55.7 Å². The molecule has 5 rings (SSSR count). The van der Waals surface area contributed by atoms with Crippen molar-refractivity contribution in [2.45, 2.75) is 56.7 Å². The van der Waals surface area contributed by atoms with Crippen molar-refractivity contribution < 1.29 is 24.7 Å². The number of hydrogen-bond donors (Lipinski definition) is 4. The molecule has 0 spiro atoms. The van der Waals surface area contributed by atoms with Crippen molar-refractivity contribution in [3.05, 3.63) is 112 Å². The number of rotatable bonds is 9. The fourth-order valence-corrected chi connectivity index (χ4v) is 7.85. The Balaban J connectivity index is 1.50. The van der Waals surface area contributed by atoms with Crippen LogP contribution in [0.15, 0.2) is 84.9 Å². The lowest BCUT2D eigenvalue weighted by molar-refractivity contribution is -0.386. The van der Waals surface area contributed by atoms with E-state index in [1.807, 2.05) is 36.4 Å². The molecule has 2 aliphatic rings. The second kappa shape index (κ2) is 12.1.